The number of pyridine rings is 1. The van der Waals surface area contributed by atoms with Gasteiger partial charge in [0, 0.05) is 21.4 Å². The van der Waals surface area contributed by atoms with Gasteiger partial charge >= 0.3 is 5.97 Å². The van der Waals surface area contributed by atoms with E-state index in [1.807, 2.05) is 38.1 Å². The quantitative estimate of drug-likeness (QED) is 0.866. The number of esters is 1. The summed E-state index contributed by atoms with van der Waals surface area (Å²) in [5, 5.41) is 5.21. The number of anilines is 1. The van der Waals surface area contributed by atoms with Gasteiger partial charge in [0.05, 0.1) is 7.11 Å². The molecule has 0 spiro atoms. The van der Waals surface area contributed by atoms with Gasteiger partial charge in [-0.1, -0.05) is 41.9 Å². The number of nitrogens with zero attached hydrogens (tertiary/aromatic N) is 1. The Morgan fingerprint density at radius 3 is 2.70 bits per heavy atom. The van der Waals surface area contributed by atoms with Crippen LogP contribution in [0.15, 0.2) is 34.9 Å². The number of rotatable bonds is 4. The first kappa shape index (κ1) is 14.8. The molecule has 1 N–H and O–H groups in total. The number of carbonyl (C=O) groups excluding carboxylic acids is 1. The van der Waals surface area contributed by atoms with Crippen molar-refractivity contribution in [2.24, 2.45) is 5.92 Å². The van der Waals surface area contributed by atoms with E-state index in [0.717, 1.165) is 15.2 Å². The lowest BCUT2D eigenvalue weighted by Gasteiger charge is -2.21. The maximum absolute atomic E-state index is 11.8. The second kappa shape index (κ2) is 6.22. The SMILES string of the molecule is COC(=O)C(Nc1nccc2c(Br)cccc12)C(C)C. The highest BCUT2D eigenvalue weighted by molar-refractivity contribution is 9.10. The van der Waals surface area contributed by atoms with Crippen LogP contribution in [0.1, 0.15) is 13.8 Å². The molecule has 0 fully saturated rings. The lowest BCUT2D eigenvalue weighted by atomic mass is 10.0. The monoisotopic (exact) mass is 336 g/mol. The van der Waals surface area contributed by atoms with Gasteiger partial charge in [-0.2, -0.15) is 0 Å². The molecule has 0 aliphatic heterocycles. The van der Waals surface area contributed by atoms with Crippen LogP contribution < -0.4 is 5.32 Å². The number of carbonyl (C=O) groups is 1. The van der Waals surface area contributed by atoms with Crippen LogP contribution >= 0.6 is 15.9 Å². The Morgan fingerprint density at radius 2 is 2.05 bits per heavy atom. The predicted molar refractivity (Wildman–Crippen MR) is 83.7 cm³/mol. The summed E-state index contributed by atoms with van der Waals surface area (Å²) in [4.78, 5) is 16.2. The molecule has 0 saturated carbocycles. The molecule has 0 aliphatic carbocycles. The van der Waals surface area contributed by atoms with E-state index in [-0.39, 0.29) is 11.9 Å². The fourth-order valence-electron chi connectivity index (χ4n) is 2.06. The van der Waals surface area contributed by atoms with E-state index in [2.05, 4.69) is 26.2 Å². The molecule has 2 rings (SSSR count). The largest absolute Gasteiger partial charge is 0.467 e. The molecular weight excluding hydrogens is 320 g/mol. The molecule has 1 unspecified atom stereocenters. The summed E-state index contributed by atoms with van der Waals surface area (Å²) in [5.41, 5.74) is 0. The minimum absolute atomic E-state index is 0.103. The lowest BCUT2D eigenvalue weighted by Crippen LogP contribution is -2.35. The molecule has 106 valence electrons. The van der Waals surface area contributed by atoms with Crippen LogP contribution in [0.3, 0.4) is 0 Å². The number of fused-ring (bicyclic) bond motifs is 1. The van der Waals surface area contributed by atoms with Crippen LogP contribution in [0.5, 0.6) is 0 Å². The van der Waals surface area contributed by atoms with Crippen LogP contribution in [-0.2, 0) is 9.53 Å². The van der Waals surface area contributed by atoms with Gasteiger partial charge < -0.3 is 10.1 Å². The zero-order valence-corrected chi connectivity index (χ0v) is 13.3. The molecule has 0 aliphatic rings. The van der Waals surface area contributed by atoms with Crippen molar-refractivity contribution in [3.8, 4) is 0 Å². The van der Waals surface area contributed by atoms with Crippen molar-refractivity contribution in [1.82, 2.24) is 4.98 Å². The Hall–Kier alpha value is -1.62. The normalized spacial score (nSPS) is 12.4. The van der Waals surface area contributed by atoms with E-state index < -0.39 is 6.04 Å². The Kier molecular flexibility index (Phi) is 4.60. The van der Waals surface area contributed by atoms with Gasteiger partial charge in [0.15, 0.2) is 0 Å². The Labute approximate surface area is 126 Å². The molecule has 0 bridgehead atoms. The number of benzene rings is 1. The molecule has 20 heavy (non-hydrogen) atoms. The van der Waals surface area contributed by atoms with Gasteiger partial charge in [-0.15, -0.1) is 0 Å². The third kappa shape index (κ3) is 2.93. The third-order valence-electron chi connectivity index (χ3n) is 3.17. The zero-order chi connectivity index (χ0) is 14.7. The van der Waals surface area contributed by atoms with E-state index in [4.69, 9.17) is 4.74 Å². The van der Waals surface area contributed by atoms with Gasteiger partial charge in [-0.3, -0.25) is 0 Å². The highest BCUT2D eigenvalue weighted by Crippen LogP contribution is 2.28. The number of nitrogens with one attached hydrogen (secondary N) is 1. The molecule has 1 aromatic carbocycles. The first-order valence-electron chi connectivity index (χ1n) is 6.42. The van der Waals surface area contributed by atoms with Crippen LogP contribution in [0.2, 0.25) is 0 Å². The zero-order valence-electron chi connectivity index (χ0n) is 11.7. The molecule has 2 aromatic rings. The summed E-state index contributed by atoms with van der Waals surface area (Å²) in [5.74, 6) is 0.508. The molecule has 4 nitrogen and oxygen atoms in total. The lowest BCUT2D eigenvalue weighted by molar-refractivity contribution is -0.142. The summed E-state index contributed by atoms with van der Waals surface area (Å²) in [6, 6.07) is 7.42. The van der Waals surface area contributed by atoms with Crippen LogP contribution in [-0.4, -0.2) is 24.1 Å². The molecule has 1 heterocycles. The van der Waals surface area contributed by atoms with E-state index in [1.54, 1.807) is 6.20 Å². The van der Waals surface area contributed by atoms with Crippen LogP contribution in [0, 0.1) is 5.92 Å². The Morgan fingerprint density at radius 1 is 1.30 bits per heavy atom. The molecular formula is C15H17BrN2O2. The maximum atomic E-state index is 11.8. The number of halogens is 1. The minimum atomic E-state index is -0.419. The topological polar surface area (TPSA) is 51.2 Å². The Bertz CT molecular complexity index is 628. The maximum Gasteiger partial charge on any atom is 0.328 e. The van der Waals surface area contributed by atoms with E-state index in [9.17, 15) is 4.79 Å². The molecule has 1 atom stereocenters. The molecule has 1 aromatic heterocycles. The highest BCUT2D eigenvalue weighted by atomic mass is 79.9. The predicted octanol–water partition coefficient (Wildman–Crippen LogP) is 3.61. The van der Waals surface area contributed by atoms with Crippen molar-refractivity contribution in [1.29, 1.82) is 0 Å². The minimum Gasteiger partial charge on any atom is -0.467 e. The summed E-state index contributed by atoms with van der Waals surface area (Å²) in [6.07, 6.45) is 1.73. The molecule has 0 saturated heterocycles. The summed E-state index contributed by atoms with van der Waals surface area (Å²) < 4.78 is 5.84. The molecule has 5 heteroatoms. The molecule has 0 radical (unpaired) electrons. The molecule has 0 amide bonds. The summed E-state index contributed by atoms with van der Waals surface area (Å²) >= 11 is 3.52. The van der Waals surface area contributed by atoms with Gasteiger partial charge in [-0.05, 0) is 18.1 Å². The average molecular weight is 337 g/mol. The highest BCUT2D eigenvalue weighted by Gasteiger charge is 2.23. The summed E-state index contributed by atoms with van der Waals surface area (Å²) in [6.45, 7) is 3.94. The number of hydrogen-bond donors (Lipinski definition) is 1. The Balaban J connectivity index is 2.43. The van der Waals surface area contributed by atoms with Gasteiger partial charge in [0.2, 0.25) is 0 Å². The average Bonchev–Trinajstić information content (AvgIpc) is 2.44. The fourth-order valence-corrected chi connectivity index (χ4v) is 2.55. The fraction of sp³-hybridized carbons (Fsp3) is 0.333. The van der Waals surface area contributed by atoms with E-state index in [1.165, 1.54) is 7.11 Å². The van der Waals surface area contributed by atoms with Crippen LogP contribution in [0.25, 0.3) is 10.8 Å². The van der Waals surface area contributed by atoms with E-state index >= 15 is 0 Å². The first-order chi connectivity index (χ1) is 9.54. The number of methoxy groups -OCH3 is 1. The summed E-state index contributed by atoms with van der Waals surface area (Å²) in [7, 11) is 1.40. The van der Waals surface area contributed by atoms with Crippen molar-refractivity contribution >= 4 is 38.5 Å². The van der Waals surface area contributed by atoms with Gasteiger partial charge in [0.1, 0.15) is 11.9 Å². The van der Waals surface area contributed by atoms with Crippen molar-refractivity contribution in [2.75, 3.05) is 12.4 Å². The van der Waals surface area contributed by atoms with E-state index in [0.29, 0.717) is 5.82 Å². The van der Waals surface area contributed by atoms with Crippen LogP contribution in [0.4, 0.5) is 5.82 Å². The van der Waals surface area contributed by atoms with Crippen molar-refractivity contribution < 1.29 is 9.53 Å². The van der Waals surface area contributed by atoms with Crippen molar-refractivity contribution in [3.05, 3.63) is 34.9 Å². The first-order valence-corrected chi connectivity index (χ1v) is 7.21. The number of ether oxygens (including phenoxy) is 1. The standard InChI is InChI=1S/C15H17BrN2O2/c1-9(2)13(15(19)20-3)18-14-11-5-4-6-12(16)10(11)7-8-17-14/h4-9,13H,1-3H3,(H,17,18). The second-order valence-corrected chi connectivity index (χ2v) is 5.74. The number of aromatic nitrogens is 1. The smallest absolute Gasteiger partial charge is 0.328 e. The second-order valence-electron chi connectivity index (χ2n) is 4.88. The van der Waals surface area contributed by atoms with Gasteiger partial charge in [0.25, 0.3) is 0 Å². The number of hydrogen-bond acceptors (Lipinski definition) is 4. The van der Waals surface area contributed by atoms with Gasteiger partial charge in [-0.25, -0.2) is 9.78 Å². The third-order valence-corrected chi connectivity index (χ3v) is 3.86. The van der Waals surface area contributed by atoms with Crippen molar-refractivity contribution in [2.45, 2.75) is 19.9 Å². The van der Waals surface area contributed by atoms with Crippen molar-refractivity contribution in [3.63, 3.8) is 0 Å².